The van der Waals surface area contributed by atoms with Crippen LogP contribution in [0.2, 0.25) is 5.02 Å². The SMILES string of the molecule is N#Cc1ccc(Cl)cc1NC(=O)COC(=O)[C@@H]1CC(=O)N(C2CCCC2)C1. The van der Waals surface area contributed by atoms with Crippen LogP contribution in [0.1, 0.15) is 37.7 Å². The number of carbonyl (C=O) groups is 3. The van der Waals surface area contributed by atoms with E-state index in [1.165, 1.54) is 12.1 Å². The maximum Gasteiger partial charge on any atom is 0.311 e. The second kappa shape index (κ2) is 8.40. The van der Waals surface area contributed by atoms with Crippen molar-refractivity contribution in [3.05, 3.63) is 28.8 Å². The summed E-state index contributed by atoms with van der Waals surface area (Å²) in [7, 11) is 0. The van der Waals surface area contributed by atoms with Crippen LogP contribution in [0.4, 0.5) is 5.69 Å². The van der Waals surface area contributed by atoms with Crippen LogP contribution in [0.25, 0.3) is 0 Å². The Kier molecular flexibility index (Phi) is 5.97. The van der Waals surface area contributed by atoms with E-state index in [9.17, 15) is 14.4 Å². The van der Waals surface area contributed by atoms with Gasteiger partial charge in [-0.25, -0.2) is 0 Å². The topological polar surface area (TPSA) is 99.5 Å². The average Bonchev–Trinajstić information content (AvgIpc) is 3.29. The Bertz CT molecular complexity index is 799. The monoisotopic (exact) mass is 389 g/mol. The van der Waals surface area contributed by atoms with E-state index in [1.54, 1.807) is 11.0 Å². The van der Waals surface area contributed by atoms with E-state index in [0.29, 0.717) is 11.6 Å². The number of hydrogen-bond acceptors (Lipinski definition) is 5. The third-order valence-corrected chi connectivity index (χ3v) is 5.21. The molecule has 1 heterocycles. The molecule has 27 heavy (non-hydrogen) atoms. The molecule has 1 saturated carbocycles. The van der Waals surface area contributed by atoms with Gasteiger partial charge in [0.15, 0.2) is 6.61 Å². The molecule has 1 atom stereocenters. The molecule has 3 rings (SSSR count). The number of nitrogens with one attached hydrogen (secondary N) is 1. The number of ether oxygens (including phenoxy) is 1. The van der Waals surface area contributed by atoms with Gasteiger partial charge in [-0.2, -0.15) is 5.26 Å². The molecular weight excluding hydrogens is 370 g/mol. The van der Waals surface area contributed by atoms with Crippen LogP contribution in [0.3, 0.4) is 0 Å². The highest BCUT2D eigenvalue weighted by atomic mass is 35.5. The predicted molar refractivity (Wildman–Crippen MR) is 97.8 cm³/mol. The van der Waals surface area contributed by atoms with Gasteiger partial charge < -0.3 is 15.0 Å². The molecule has 1 N–H and O–H groups in total. The maximum atomic E-state index is 12.2. The van der Waals surface area contributed by atoms with Crippen LogP contribution in [0.15, 0.2) is 18.2 Å². The number of nitrogens with zero attached hydrogens (tertiary/aromatic N) is 2. The van der Waals surface area contributed by atoms with Gasteiger partial charge in [0.05, 0.1) is 17.2 Å². The van der Waals surface area contributed by atoms with Crippen molar-refractivity contribution in [1.29, 1.82) is 5.26 Å². The van der Waals surface area contributed by atoms with Crippen molar-refractivity contribution in [2.45, 2.75) is 38.1 Å². The van der Waals surface area contributed by atoms with Crippen molar-refractivity contribution in [2.75, 3.05) is 18.5 Å². The number of hydrogen-bond donors (Lipinski definition) is 1. The molecule has 2 fully saturated rings. The molecule has 1 aromatic carbocycles. The van der Waals surface area contributed by atoms with Crippen molar-refractivity contribution in [3.63, 3.8) is 0 Å². The first-order valence-electron chi connectivity index (χ1n) is 8.93. The molecule has 8 heteroatoms. The zero-order valence-electron chi connectivity index (χ0n) is 14.7. The minimum absolute atomic E-state index is 0.0223. The number of anilines is 1. The smallest absolute Gasteiger partial charge is 0.311 e. The van der Waals surface area contributed by atoms with Crippen molar-refractivity contribution in [2.24, 2.45) is 5.92 Å². The van der Waals surface area contributed by atoms with E-state index in [2.05, 4.69) is 5.32 Å². The summed E-state index contributed by atoms with van der Waals surface area (Å²) in [5, 5.41) is 11.9. The lowest BCUT2D eigenvalue weighted by Crippen LogP contribution is -2.35. The predicted octanol–water partition coefficient (Wildman–Crippen LogP) is 2.48. The molecule has 0 spiro atoms. The highest BCUT2D eigenvalue weighted by Gasteiger charge is 2.39. The molecule has 1 saturated heterocycles. The summed E-state index contributed by atoms with van der Waals surface area (Å²) in [4.78, 5) is 38.2. The lowest BCUT2D eigenvalue weighted by molar-refractivity contribution is -0.151. The lowest BCUT2D eigenvalue weighted by Gasteiger charge is -2.23. The summed E-state index contributed by atoms with van der Waals surface area (Å²) in [5.74, 6) is -1.68. The van der Waals surface area contributed by atoms with E-state index >= 15 is 0 Å². The molecule has 142 valence electrons. The number of likely N-dealkylation sites (tertiary alicyclic amines) is 1. The fraction of sp³-hybridized carbons (Fsp3) is 0.474. The summed E-state index contributed by atoms with van der Waals surface area (Å²) in [5.41, 5.74) is 0.516. The fourth-order valence-electron chi connectivity index (χ4n) is 3.62. The molecule has 1 aliphatic carbocycles. The van der Waals surface area contributed by atoms with Crippen molar-refractivity contribution >= 4 is 35.1 Å². The summed E-state index contributed by atoms with van der Waals surface area (Å²) in [6.07, 6.45) is 4.31. The molecule has 0 bridgehead atoms. The average molecular weight is 390 g/mol. The number of amides is 2. The van der Waals surface area contributed by atoms with Crippen molar-refractivity contribution < 1.29 is 19.1 Å². The van der Waals surface area contributed by atoms with E-state index in [0.717, 1.165) is 25.7 Å². The zero-order chi connectivity index (χ0) is 19.4. The first-order chi connectivity index (χ1) is 13.0. The number of esters is 1. The molecule has 2 aliphatic rings. The quantitative estimate of drug-likeness (QED) is 0.780. The van der Waals surface area contributed by atoms with Gasteiger partial charge in [0.1, 0.15) is 6.07 Å². The van der Waals surface area contributed by atoms with Gasteiger partial charge >= 0.3 is 5.97 Å². The highest BCUT2D eigenvalue weighted by Crippen LogP contribution is 2.30. The van der Waals surface area contributed by atoms with E-state index < -0.39 is 24.4 Å². The molecular formula is C19H20ClN3O4. The molecule has 1 aliphatic heterocycles. The van der Waals surface area contributed by atoms with Crippen LogP contribution in [-0.4, -0.2) is 41.9 Å². The maximum absolute atomic E-state index is 12.2. The second-order valence-electron chi connectivity index (χ2n) is 6.84. The Morgan fingerprint density at radius 1 is 1.33 bits per heavy atom. The molecule has 0 aromatic heterocycles. The summed E-state index contributed by atoms with van der Waals surface area (Å²) in [6.45, 7) is -0.124. The van der Waals surface area contributed by atoms with Crippen LogP contribution >= 0.6 is 11.6 Å². The van der Waals surface area contributed by atoms with Gasteiger partial charge in [-0.15, -0.1) is 0 Å². The molecule has 2 amide bonds. The second-order valence-corrected chi connectivity index (χ2v) is 7.28. The number of halogens is 1. The van der Waals surface area contributed by atoms with Crippen molar-refractivity contribution in [1.82, 2.24) is 4.90 Å². The van der Waals surface area contributed by atoms with Gasteiger partial charge in [-0.05, 0) is 31.0 Å². The van der Waals surface area contributed by atoms with Crippen LogP contribution in [0.5, 0.6) is 0 Å². The number of rotatable bonds is 5. The molecule has 1 aromatic rings. The Hall–Kier alpha value is -2.59. The summed E-state index contributed by atoms with van der Waals surface area (Å²) >= 11 is 5.87. The summed E-state index contributed by atoms with van der Waals surface area (Å²) in [6, 6.07) is 6.67. The van der Waals surface area contributed by atoms with Gasteiger partial charge in [0.2, 0.25) is 5.91 Å². The number of carbonyl (C=O) groups excluding carboxylic acids is 3. The minimum atomic E-state index is -0.570. The van der Waals surface area contributed by atoms with Gasteiger partial charge in [-0.3, -0.25) is 14.4 Å². The summed E-state index contributed by atoms with van der Waals surface area (Å²) < 4.78 is 5.08. The Labute approximate surface area is 162 Å². The van der Waals surface area contributed by atoms with Crippen molar-refractivity contribution in [3.8, 4) is 6.07 Å². The molecule has 0 unspecified atom stereocenters. The third-order valence-electron chi connectivity index (χ3n) is 4.98. The Balaban J connectivity index is 1.51. The first kappa shape index (κ1) is 19.2. The standard InChI is InChI=1S/C19H20ClN3O4/c20-14-6-5-12(9-21)16(8-14)22-17(24)11-27-19(26)13-7-18(25)23(10-13)15-3-1-2-4-15/h5-6,8,13,15H,1-4,7,10-11H2,(H,22,24)/t13-/m1/s1. The van der Waals surface area contributed by atoms with Gasteiger partial charge in [0.25, 0.3) is 5.91 Å². The van der Waals surface area contributed by atoms with Crippen LogP contribution < -0.4 is 5.32 Å². The molecule has 0 radical (unpaired) electrons. The van der Waals surface area contributed by atoms with Gasteiger partial charge in [0, 0.05) is 24.0 Å². The zero-order valence-corrected chi connectivity index (χ0v) is 15.5. The number of nitriles is 1. The third kappa shape index (κ3) is 4.58. The first-order valence-corrected chi connectivity index (χ1v) is 9.31. The van der Waals surface area contributed by atoms with E-state index in [-0.39, 0.29) is 29.6 Å². The number of benzene rings is 1. The Morgan fingerprint density at radius 2 is 2.07 bits per heavy atom. The van der Waals surface area contributed by atoms with E-state index in [1.807, 2.05) is 6.07 Å². The normalized spacial score (nSPS) is 19.8. The lowest BCUT2D eigenvalue weighted by atomic mass is 10.1. The fourth-order valence-corrected chi connectivity index (χ4v) is 3.79. The van der Waals surface area contributed by atoms with E-state index in [4.69, 9.17) is 21.6 Å². The van der Waals surface area contributed by atoms with Crippen LogP contribution in [-0.2, 0) is 19.1 Å². The molecule has 7 nitrogen and oxygen atoms in total. The highest BCUT2D eigenvalue weighted by molar-refractivity contribution is 6.31. The van der Waals surface area contributed by atoms with Gasteiger partial charge in [-0.1, -0.05) is 24.4 Å². The minimum Gasteiger partial charge on any atom is -0.455 e. The van der Waals surface area contributed by atoms with Crippen LogP contribution in [0, 0.1) is 17.2 Å². The largest absolute Gasteiger partial charge is 0.455 e. The Morgan fingerprint density at radius 3 is 2.78 bits per heavy atom.